The van der Waals surface area contributed by atoms with Gasteiger partial charge in [0, 0.05) is 11.6 Å². The number of likely N-dealkylation sites (N-methyl/N-ethyl adjacent to an activating group) is 1. The van der Waals surface area contributed by atoms with E-state index in [0.29, 0.717) is 18.2 Å². The molecular weight excluding hydrogens is 254 g/mol. The third-order valence-electron chi connectivity index (χ3n) is 4.34. The van der Waals surface area contributed by atoms with E-state index in [9.17, 15) is 4.79 Å². The summed E-state index contributed by atoms with van der Waals surface area (Å²) in [6.45, 7) is 6.94. The number of hydrogen-bond acceptors (Lipinski definition) is 4. The van der Waals surface area contributed by atoms with Crippen molar-refractivity contribution in [2.45, 2.75) is 45.4 Å². The van der Waals surface area contributed by atoms with Crippen LogP contribution in [0.4, 0.5) is 0 Å². The van der Waals surface area contributed by atoms with E-state index < -0.39 is 0 Å². The van der Waals surface area contributed by atoms with Crippen molar-refractivity contribution in [1.82, 2.24) is 4.90 Å². The Morgan fingerprint density at radius 3 is 3.15 bits per heavy atom. The first-order chi connectivity index (χ1) is 9.69. The Morgan fingerprint density at radius 1 is 1.50 bits per heavy atom. The number of rotatable bonds is 4. The number of nitrogens with zero attached hydrogens (tertiary/aromatic N) is 1. The predicted molar refractivity (Wildman–Crippen MR) is 75.9 cm³/mol. The lowest BCUT2D eigenvalue weighted by molar-refractivity contribution is 0.0535. The van der Waals surface area contributed by atoms with Gasteiger partial charge in [-0.2, -0.15) is 0 Å². The highest BCUT2D eigenvalue weighted by Crippen LogP contribution is 2.27. The number of carbonyl (C=O) groups excluding carboxylic acids is 1. The number of likely N-dealkylation sites (tertiary alicyclic amines) is 1. The van der Waals surface area contributed by atoms with E-state index >= 15 is 0 Å². The second-order valence-corrected chi connectivity index (χ2v) is 5.56. The van der Waals surface area contributed by atoms with Crippen molar-refractivity contribution in [3.63, 3.8) is 0 Å². The fourth-order valence-electron chi connectivity index (χ4n) is 3.25. The molecule has 3 rings (SSSR count). The van der Waals surface area contributed by atoms with Crippen LogP contribution in [-0.4, -0.2) is 36.1 Å². The van der Waals surface area contributed by atoms with E-state index in [4.69, 9.17) is 9.47 Å². The zero-order valence-corrected chi connectivity index (χ0v) is 12.1. The Kier molecular flexibility index (Phi) is 3.66. The zero-order valence-electron chi connectivity index (χ0n) is 12.1. The molecular formula is C16H21NO3. The van der Waals surface area contributed by atoms with Gasteiger partial charge < -0.3 is 9.47 Å². The summed E-state index contributed by atoms with van der Waals surface area (Å²) in [5, 5.41) is 0. The highest BCUT2D eigenvalue weighted by molar-refractivity contribution is 5.93. The summed E-state index contributed by atoms with van der Waals surface area (Å²) in [5.41, 5.74) is 1.60. The molecule has 2 heterocycles. The van der Waals surface area contributed by atoms with Crippen LogP contribution in [0.2, 0.25) is 0 Å². The summed E-state index contributed by atoms with van der Waals surface area (Å²) < 4.78 is 11.1. The van der Waals surface area contributed by atoms with Gasteiger partial charge in [-0.15, -0.1) is 0 Å². The van der Waals surface area contributed by atoms with Gasteiger partial charge >= 0.3 is 5.97 Å². The van der Waals surface area contributed by atoms with Crippen LogP contribution in [0.25, 0.3) is 0 Å². The first-order valence-electron chi connectivity index (χ1n) is 7.40. The fourth-order valence-corrected chi connectivity index (χ4v) is 3.25. The number of ether oxygens (including phenoxy) is 2. The van der Waals surface area contributed by atoms with E-state index in [0.717, 1.165) is 17.9 Å². The second-order valence-electron chi connectivity index (χ2n) is 5.56. The maximum atomic E-state index is 11.4. The number of hydrogen-bond donors (Lipinski definition) is 0. The molecule has 0 bridgehead atoms. The van der Waals surface area contributed by atoms with Crippen molar-refractivity contribution in [2.75, 3.05) is 13.1 Å². The number of fused-ring (bicyclic) bond motifs is 1. The smallest absolute Gasteiger partial charge is 0.338 e. The average Bonchev–Trinajstić information content (AvgIpc) is 3.05. The van der Waals surface area contributed by atoms with Gasteiger partial charge in [0.05, 0.1) is 5.56 Å². The van der Waals surface area contributed by atoms with Crippen LogP contribution in [0.15, 0.2) is 18.2 Å². The van der Waals surface area contributed by atoms with Crippen LogP contribution < -0.4 is 4.74 Å². The first kappa shape index (κ1) is 13.4. The van der Waals surface area contributed by atoms with Crippen molar-refractivity contribution < 1.29 is 14.3 Å². The third kappa shape index (κ3) is 2.40. The van der Waals surface area contributed by atoms with Crippen molar-refractivity contribution in [3.05, 3.63) is 29.3 Å². The molecule has 1 unspecified atom stereocenters. The highest BCUT2D eigenvalue weighted by atomic mass is 16.5. The first-order valence-corrected chi connectivity index (χ1v) is 7.40. The summed E-state index contributed by atoms with van der Waals surface area (Å²) in [6.07, 6.45) is 2.61. The van der Waals surface area contributed by atoms with E-state index in [-0.39, 0.29) is 12.1 Å². The van der Waals surface area contributed by atoms with Crippen molar-refractivity contribution >= 4 is 5.97 Å². The van der Waals surface area contributed by atoms with Crippen molar-refractivity contribution in [1.29, 1.82) is 0 Å². The molecule has 1 saturated heterocycles. The molecule has 108 valence electrons. The van der Waals surface area contributed by atoms with E-state index in [1.54, 1.807) is 6.07 Å². The molecule has 4 heteroatoms. The maximum absolute atomic E-state index is 11.4. The topological polar surface area (TPSA) is 38.8 Å². The Morgan fingerprint density at radius 2 is 2.35 bits per heavy atom. The molecule has 0 amide bonds. The van der Waals surface area contributed by atoms with E-state index in [2.05, 4.69) is 18.7 Å². The summed E-state index contributed by atoms with van der Waals surface area (Å²) in [7, 11) is 0. The molecule has 0 N–H and O–H groups in total. The van der Waals surface area contributed by atoms with Crippen molar-refractivity contribution in [3.8, 4) is 5.75 Å². The van der Waals surface area contributed by atoms with Gasteiger partial charge in [-0.05, 0) is 51.1 Å². The van der Waals surface area contributed by atoms with Gasteiger partial charge in [0.1, 0.15) is 18.5 Å². The van der Waals surface area contributed by atoms with Gasteiger partial charge in [-0.3, -0.25) is 4.90 Å². The minimum absolute atomic E-state index is 0.161. The SMILES string of the molecule is CCN1CCC[C@H]1C(C)Oc1ccc2c(c1)COC2=O. The summed E-state index contributed by atoms with van der Waals surface area (Å²) in [5.74, 6) is 0.602. The fraction of sp³-hybridized carbons (Fsp3) is 0.562. The molecule has 0 saturated carbocycles. The second kappa shape index (κ2) is 5.44. The Bertz CT molecular complexity index is 514. The zero-order chi connectivity index (χ0) is 14.1. The molecule has 2 atom stereocenters. The molecule has 2 aliphatic heterocycles. The van der Waals surface area contributed by atoms with Gasteiger partial charge in [0.15, 0.2) is 0 Å². The van der Waals surface area contributed by atoms with E-state index in [1.807, 2.05) is 12.1 Å². The maximum Gasteiger partial charge on any atom is 0.338 e. The minimum Gasteiger partial charge on any atom is -0.489 e. The summed E-state index contributed by atoms with van der Waals surface area (Å²) in [6, 6.07) is 6.10. The molecule has 20 heavy (non-hydrogen) atoms. The molecule has 1 aromatic carbocycles. The lowest BCUT2D eigenvalue weighted by Crippen LogP contribution is -2.40. The van der Waals surface area contributed by atoms with Crippen LogP contribution in [0.3, 0.4) is 0 Å². The molecule has 0 aliphatic carbocycles. The Balaban J connectivity index is 1.70. The molecule has 4 nitrogen and oxygen atoms in total. The molecule has 0 spiro atoms. The highest BCUT2D eigenvalue weighted by Gasteiger charge is 2.29. The van der Waals surface area contributed by atoms with Crippen LogP contribution in [0, 0.1) is 0 Å². The van der Waals surface area contributed by atoms with Crippen LogP contribution >= 0.6 is 0 Å². The van der Waals surface area contributed by atoms with Gasteiger partial charge in [-0.1, -0.05) is 6.92 Å². The summed E-state index contributed by atoms with van der Waals surface area (Å²) >= 11 is 0. The standard InChI is InChI=1S/C16H21NO3/c1-3-17-8-4-5-15(17)11(2)20-13-6-7-14-12(9-13)10-19-16(14)18/h6-7,9,11,15H,3-5,8,10H2,1-2H3/t11?,15-/m0/s1. The predicted octanol–water partition coefficient (Wildman–Crippen LogP) is 2.61. The van der Waals surface area contributed by atoms with Gasteiger partial charge in [0.25, 0.3) is 0 Å². The van der Waals surface area contributed by atoms with E-state index in [1.165, 1.54) is 19.4 Å². The third-order valence-corrected chi connectivity index (χ3v) is 4.34. The largest absolute Gasteiger partial charge is 0.489 e. The average molecular weight is 275 g/mol. The van der Waals surface area contributed by atoms with Crippen LogP contribution in [0.1, 0.15) is 42.6 Å². The lowest BCUT2D eigenvalue weighted by atomic mass is 10.1. The number of esters is 1. The molecule has 1 fully saturated rings. The normalized spacial score (nSPS) is 23.5. The van der Waals surface area contributed by atoms with Crippen molar-refractivity contribution in [2.24, 2.45) is 0 Å². The lowest BCUT2D eigenvalue weighted by Gasteiger charge is -2.29. The quantitative estimate of drug-likeness (QED) is 0.792. The summed E-state index contributed by atoms with van der Waals surface area (Å²) in [4.78, 5) is 13.9. The molecule has 0 aromatic heterocycles. The Hall–Kier alpha value is -1.55. The monoisotopic (exact) mass is 275 g/mol. The molecule has 2 aliphatic rings. The number of carbonyl (C=O) groups is 1. The van der Waals surface area contributed by atoms with Crippen LogP contribution in [0.5, 0.6) is 5.75 Å². The van der Waals surface area contributed by atoms with Crippen LogP contribution in [-0.2, 0) is 11.3 Å². The molecule has 1 aromatic rings. The van der Waals surface area contributed by atoms with Gasteiger partial charge in [0.2, 0.25) is 0 Å². The Labute approximate surface area is 119 Å². The number of cyclic esters (lactones) is 1. The number of benzene rings is 1. The minimum atomic E-state index is -0.229. The molecule has 0 radical (unpaired) electrons. The van der Waals surface area contributed by atoms with Gasteiger partial charge in [-0.25, -0.2) is 4.79 Å².